The molecule has 0 saturated heterocycles. The second kappa shape index (κ2) is 11.2. The van der Waals surface area contributed by atoms with E-state index >= 15 is 0 Å². The van der Waals surface area contributed by atoms with Crippen LogP contribution in [0.2, 0.25) is 0 Å². The van der Waals surface area contributed by atoms with E-state index in [1.54, 1.807) is 0 Å². The van der Waals surface area contributed by atoms with Gasteiger partial charge in [-0.15, -0.1) is 0 Å². The van der Waals surface area contributed by atoms with Gasteiger partial charge in [0, 0.05) is 26.2 Å². The summed E-state index contributed by atoms with van der Waals surface area (Å²) in [4.78, 5) is 3.82. The van der Waals surface area contributed by atoms with E-state index in [0.29, 0.717) is 37.6 Å². The van der Waals surface area contributed by atoms with E-state index in [-0.39, 0.29) is 11.4 Å². The third-order valence-corrected chi connectivity index (χ3v) is 4.92. The first kappa shape index (κ1) is 27.3. The number of hydrogen-bond acceptors (Lipinski definition) is 4. The van der Waals surface area contributed by atoms with Gasteiger partial charge in [0.25, 0.3) is 0 Å². The summed E-state index contributed by atoms with van der Waals surface area (Å²) in [5.41, 5.74) is 11.5. The minimum Gasteiger partial charge on any atom is -0.397 e. The summed E-state index contributed by atoms with van der Waals surface area (Å²) in [6, 6.07) is 6.92. The molecule has 0 fully saturated rings. The van der Waals surface area contributed by atoms with Gasteiger partial charge in [0.15, 0.2) is 0 Å². The number of alkyl halides is 6. The van der Waals surface area contributed by atoms with Gasteiger partial charge in [0.2, 0.25) is 0 Å². The predicted molar refractivity (Wildman–Crippen MR) is 119 cm³/mol. The second-order valence-electron chi connectivity index (χ2n) is 6.89. The van der Waals surface area contributed by atoms with Crippen molar-refractivity contribution < 1.29 is 26.3 Å². The zero-order chi connectivity index (χ0) is 24.7. The Morgan fingerprint density at radius 3 is 1.06 bits per heavy atom. The number of benzene rings is 2. The summed E-state index contributed by atoms with van der Waals surface area (Å²) in [5.74, 6) is 0. The predicted octanol–water partition coefficient (Wildman–Crippen LogP) is 6.27. The molecular weight excluding hydrogens is 434 g/mol. The van der Waals surface area contributed by atoms with E-state index < -0.39 is 23.5 Å². The van der Waals surface area contributed by atoms with Crippen molar-refractivity contribution >= 4 is 22.7 Å². The Morgan fingerprint density at radius 1 is 0.594 bits per heavy atom. The van der Waals surface area contributed by atoms with Gasteiger partial charge in [-0.1, -0.05) is 0 Å². The smallest absolute Gasteiger partial charge is 0.397 e. The van der Waals surface area contributed by atoms with E-state index in [2.05, 4.69) is 0 Å². The van der Waals surface area contributed by atoms with Crippen molar-refractivity contribution in [3.63, 3.8) is 0 Å². The lowest BCUT2D eigenvalue weighted by molar-refractivity contribution is -0.138. The number of hydrogen-bond donors (Lipinski definition) is 2. The third kappa shape index (κ3) is 7.13. The first-order valence-corrected chi connectivity index (χ1v) is 10.2. The lowest BCUT2D eigenvalue weighted by Gasteiger charge is -2.23. The average Bonchev–Trinajstić information content (AvgIpc) is 2.71. The van der Waals surface area contributed by atoms with Crippen molar-refractivity contribution in [1.29, 1.82) is 0 Å². The van der Waals surface area contributed by atoms with Gasteiger partial charge in [-0.25, -0.2) is 0 Å². The maximum absolute atomic E-state index is 12.4. The molecule has 32 heavy (non-hydrogen) atoms. The molecule has 0 atom stereocenters. The molecule has 0 amide bonds. The number of halogens is 6. The van der Waals surface area contributed by atoms with E-state index in [1.165, 1.54) is 12.1 Å². The maximum Gasteiger partial charge on any atom is 0.416 e. The van der Waals surface area contributed by atoms with Gasteiger partial charge in [-0.3, -0.25) is 0 Å². The molecule has 180 valence electrons. The van der Waals surface area contributed by atoms with Crippen LogP contribution >= 0.6 is 0 Å². The van der Waals surface area contributed by atoms with Crippen LogP contribution in [-0.2, 0) is 12.4 Å². The topological polar surface area (TPSA) is 58.5 Å². The van der Waals surface area contributed by atoms with Gasteiger partial charge < -0.3 is 21.3 Å². The highest BCUT2D eigenvalue weighted by Crippen LogP contribution is 2.35. The minimum atomic E-state index is -4.34. The van der Waals surface area contributed by atoms with Crippen molar-refractivity contribution in [1.82, 2.24) is 0 Å². The molecule has 2 aromatic rings. The lowest BCUT2D eigenvalue weighted by atomic mass is 10.1. The standard InChI is InChI=1S/2C11H15F3N2/c2*1-3-16(4-2)10-6-5-8(7-9(10)15)11(12,13)14/h2*5-7H,3-4,15H2,1-2H3. The minimum absolute atomic E-state index is 0.165. The summed E-state index contributed by atoms with van der Waals surface area (Å²) in [7, 11) is 0. The molecule has 2 rings (SSSR count). The van der Waals surface area contributed by atoms with Crippen LogP contribution in [0.5, 0.6) is 0 Å². The lowest BCUT2D eigenvalue weighted by Crippen LogP contribution is -2.23. The highest BCUT2D eigenvalue weighted by Gasteiger charge is 2.31. The van der Waals surface area contributed by atoms with E-state index in [1.807, 2.05) is 37.5 Å². The molecular formula is C22H30F6N4. The highest BCUT2D eigenvalue weighted by molar-refractivity contribution is 5.69. The number of nitrogen functional groups attached to an aromatic ring is 2. The van der Waals surface area contributed by atoms with Crippen molar-refractivity contribution in [3.8, 4) is 0 Å². The summed E-state index contributed by atoms with van der Waals surface area (Å²) in [6.45, 7) is 10.6. The molecule has 0 unspecified atom stereocenters. The number of nitrogens with two attached hydrogens (primary N) is 2. The molecule has 10 heteroatoms. The summed E-state index contributed by atoms with van der Waals surface area (Å²) >= 11 is 0. The van der Waals surface area contributed by atoms with Gasteiger partial charge in [0.05, 0.1) is 33.9 Å². The molecule has 4 nitrogen and oxygen atoms in total. The Balaban J connectivity index is 0.000000320. The summed E-state index contributed by atoms with van der Waals surface area (Å²) in [6.07, 6.45) is -8.67. The van der Waals surface area contributed by atoms with E-state index in [0.717, 1.165) is 24.3 Å². The second-order valence-corrected chi connectivity index (χ2v) is 6.89. The first-order chi connectivity index (χ1) is 14.8. The fraction of sp³-hybridized carbons (Fsp3) is 0.455. The zero-order valence-electron chi connectivity index (χ0n) is 18.6. The molecule has 0 radical (unpaired) electrons. The first-order valence-electron chi connectivity index (χ1n) is 10.2. The third-order valence-electron chi connectivity index (χ3n) is 4.92. The van der Waals surface area contributed by atoms with Crippen LogP contribution in [0.3, 0.4) is 0 Å². The van der Waals surface area contributed by atoms with Crippen molar-refractivity contribution in [2.75, 3.05) is 47.4 Å². The molecule has 4 N–H and O–H groups in total. The fourth-order valence-electron chi connectivity index (χ4n) is 3.17. The summed E-state index contributed by atoms with van der Waals surface area (Å²) in [5, 5.41) is 0. The van der Waals surface area contributed by atoms with Crippen LogP contribution in [0, 0.1) is 0 Å². The Bertz CT molecular complexity index is 785. The van der Waals surface area contributed by atoms with Crippen LogP contribution < -0.4 is 21.3 Å². The van der Waals surface area contributed by atoms with Gasteiger partial charge in [0.1, 0.15) is 0 Å². The molecule has 0 aliphatic carbocycles. The average molecular weight is 464 g/mol. The number of anilines is 4. The van der Waals surface area contributed by atoms with Crippen LogP contribution in [-0.4, -0.2) is 26.2 Å². The fourth-order valence-corrected chi connectivity index (χ4v) is 3.17. The Kier molecular flexibility index (Phi) is 9.53. The Labute approximate surface area is 184 Å². The molecule has 0 aliphatic rings. The quantitative estimate of drug-likeness (QED) is 0.391. The van der Waals surface area contributed by atoms with Crippen molar-refractivity contribution in [3.05, 3.63) is 47.5 Å². The largest absolute Gasteiger partial charge is 0.416 e. The number of rotatable bonds is 6. The van der Waals surface area contributed by atoms with Crippen LogP contribution in [0.1, 0.15) is 38.8 Å². The van der Waals surface area contributed by atoms with Crippen LogP contribution in [0.15, 0.2) is 36.4 Å². The maximum atomic E-state index is 12.4. The highest BCUT2D eigenvalue weighted by atomic mass is 19.4. The molecule has 2 aromatic carbocycles. The SMILES string of the molecule is CCN(CC)c1ccc(C(F)(F)F)cc1N.CCN(CC)c1ccc(C(F)(F)F)cc1N. The van der Waals surface area contributed by atoms with Crippen molar-refractivity contribution in [2.45, 2.75) is 40.0 Å². The molecule has 0 heterocycles. The normalized spacial score (nSPS) is 11.6. The monoisotopic (exact) mass is 464 g/mol. The van der Waals surface area contributed by atoms with E-state index in [4.69, 9.17) is 11.5 Å². The number of nitrogens with zero attached hydrogens (tertiary/aromatic N) is 2. The van der Waals surface area contributed by atoms with Gasteiger partial charge in [-0.05, 0) is 64.1 Å². The van der Waals surface area contributed by atoms with Crippen molar-refractivity contribution in [2.24, 2.45) is 0 Å². The molecule has 0 bridgehead atoms. The Hall–Kier alpha value is -2.78. The van der Waals surface area contributed by atoms with Gasteiger partial charge >= 0.3 is 12.4 Å². The molecule has 0 saturated carbocycles. The summed E-state index contributed by atoms with van der Waals surface area (Å²) < 4.78 is 74.4. The molecule has 0 aliphatic heterocycles. The van der Waals surface area contributed by atoms with Gasteiger partial charge in [-0.2, -0.15) is 26.3 Å². The zero-order valence-corrected chi connectivity index (χ0v) is 18.6. The van der Waals surface area contributed by atoms with Crippen LogP contribution in [0.4, 0.5) is 49.1 Å². The van der Waals surface area contributed by atoms with E-state index in [9.17, 15) is 26.3 Å². The Morgan fingerprint density at radius 2 is 0.875 bits per heavy atom. The molecule has 0 aromatic heterocycles. The molecule has 0 spiro atoms. The van der Waals surface area contributed by atoms with Crippen LogP contribution in [0.25, 0.3) is 0 Å².